The zero-order valence-corrected chi connectivity index (χ0v) is 40.1. The number of anilines is 2. The van der Waals surface area contributed by atoms with Gasteiger partial charge in [-0.2, -0.15) is 0 Å². The molecule has 5 N–H and O–H groups in total. The van der Waals surface area contributed by atoms with E-state index in [2.05, 4.69) is 24.5 Å². The van der Waals surface area contributed by atoms with Crippen molar-refractivity contribution in [3.8, 4) is 0 Å². The molecule has 0 aliphatic heterocycles. The smallest absolute Gasteiger partial charge is 0.258 e. The highest BCUT2D eigenvalue weighted by atomic mass is 32.1. The Bertz CT molecular complexity index is 2140. The second-order valence-electron chi connectivity index (χ2n) is 17.1. The van der Waals surface area contributed by atoms with Crippen molar-refractivity contribution in [1.82, 2.24) is 4.90 Å². The predicted octanol–water partition coefficient (Wildman–Crippen LogP) is 5.88. The summed E-state index contributed by atoms with van der Waals surface area (Å²) in [5.41, 5.74) is 7.31. The molecule has 0 saturated heterocycles. The molecule has 1 aliphatic carbocycles. The number of benzene rings is 3. The normalized spacial score (nSPS) is 13.0. The molecule has 0 bridgehead atoms. The molecule has 366 valence electrons. The Hall–Kier alpha value is -4.59. The largest absolute Gasteiger partial charge is 0.395 e. The van der Waals surface area contributed by atoms with Gasteiger partial charge in [-0.3, -0.25) is 14.4 Å². The summed E-state index contributed by atoms with van der Waals surface area (Å²) >= 11 is 1.48. The van der Waals surface area contributed by atoms with E-state index in [9.17, 15) is 24.6 Å². The quantitative estimate of drug-likeness (QED) is 0.0377. The van der Waals surface area contributed by atoms with Crippen LogP contribution in [0.4, 0.5) is 10.7 Å². The Labute approximate surface area is 398 Å². The summed E-state index contributed by atoms with van der Waals surface area (Å²) in [7, 11) is 0. The van der Waals surface area contributed by atoms with E-state index in [1.165, 1.54) is 16.2 Å². The Kier molecular flexibility index (Phi) is 22.8. The average Bonchev–Trinajstić information content (AvgIpc) is 3.66. The first kappa shape index (κ1) is 53.4. The van der Waals surface area contributed by atoms with Crippen molar-refractivity contribution >= 4 is 39.7 Å². The van der Waals surface area contributed by atoms with Gasteiger partial charge >= 0.3 is 0 Å². The SMILES string of the molecule is Cc1cc(NC(=O)c2c(NC(=O)c3cccc(COCCOCCOCCOCCOCCOCCO)c3)sc3c2CCC(C)(C)C3)ccc1CCc1ccc(C(=O)N(CCO)CCO)cc1. The van der Waals surface area contributed by atoms with Crippen LogP contribution >= 0.6 is 11.3 Å². The molecule has 5 rings (SSSR count). The van der Waals surface area contributed by atoms with Crippen molar-refractivity contribution in [2.45, 2.75) is 59.5 Å². The standard InChI is InChI=1S/C51H69N3O12S/c1-37-33-43(14-13-40(37)10-7-38-8-11-41(12-9-38)50(60)54(17-19-55)18-20-56)52-48(59)46-44-15-16-51(2,3)35-45(44)67-49(46)53-47(58)42-6-4-5-39(34-42)36-66-32-31-65-30-29-64-28-27-63-26-25-62-24-23-61-22-21-57/h4-6,8-9,11-14,33-34,55-57H,7,10,15-32,35-36H2,1-3H3,(H,52,59)(H,53,58). The number of thiophene rings is 1. The van der Waals surface area contributed by atoms with Crippen LogP contribution < -0.4 is 10.6 Å². The summed E-state index contributed by atoms with van der Waals surface area (Å²) in [5.74, 6) is -0.791. The summed E-state index contributed by atoms with van der Waals surface area (Å²) in [6.45, 7) is 11.5. The third-order valence-corrected chi connectivity index (χ3v) is 12.4. The first-order chi connectivity index (χ1) is 32.5. The van der Waals surface area contributed by atoms with Gasteiger partial charge in [0, 0.05) is 34.8 Å². The zero-order chi connectivity index (χ0) is 47.9. The maximum atomic E-state index is 14.2. The molecule has 3 amide bonds. The molecule has 0 unspecified atom stereocenters. The fourth-order valence-electron chi connectivity index (χ4n) is 7.65. The molecular weight excluding hydrogens is 879 g/mol. The lowest BCUT2D eigenvalue weighted by Gasteiger charge is -2.29. The number of hydrogen-bond acceptors (Lipinski definition) is 13. The minimum Gasteiger partial charge on any atom is -0.395 e. The van der Waals surface area contributed by atoms with E-state index in [0.29, 0.717) is 107 Å². The van der Waals surface area contributed by atoms with Crippen molar-refractivity contribution in [2.24, 2.45) is 5.41 Å². The summed E-state index contributed by atoms with van der Waals surface area (Å²) in [4.78, 5) is 43.3. The number of aliphatic hydroxyl groups is 3. The molecule has 0 radical (unpaired) electrons. The van der Waals surface area contributed by atoms with Crippen LogP contribution in [0.5, 0.6) is 0 Å². The van der Waals surface area contributed by atoms with Gasteiger partial charge in [0.1, 0.15) is 5.00 Å². The van der Waals surface area contributed by atoms with Gasteiger partial charge in [0.2, 0.25) is 0 Å². The highest BCUT2D eigenvalue weighted by molar-refractivity contribution is 7.17. The van der Waals surface area contributed by atoms with Crippen molar-refractivity contribution in [1.29, 1.82) is 0 Å². The number of aryl methyl sites for hydroxylation is 3. The summed E-state index contributed by atoms with van der Waals surface area (Å²) in [5, 5.41) is 34.0. The van der Waals surface area contributed by atoms with Gasteiger partial charge in [0.15, 0.2) is 0 Å². The number of amides is 3. The first-order valence-corrected chi connectivity index (χ1v) is 24.0. The molecule has 0 saturated carbocycles. The van der Waals surface area contributed by atoms with Gasteiger partial charge in [-0.1, -0.05) is 44.2 Å². The Balaban J connectivity index is 1.08. The van der Waals surface area contributed by atoms with Gasteiger partial charge < -0.3 is 59.3 Å². The van der Waals surface area contributed by atoms with Crippen LogP contribution in [0, 0.1) is 12.3 Å². The van der Waals surface area contributed by atoms with Crippen LogP contribution in [-0.4, -0.2) is 144 Å². The van der Waals surface area contributed by atoms with E-state index in [4.69, 9.17) is 33.5 Å². The Morgan fingerprint density at radius 2 is 1.27 bits per heavy atom. The third-order valence-electron chi connectivity index (χ3n) is 11.3. The van der Waals surface area contributed by atoms with E-state index < -0.39 is 0 Å². The molecule has 16 heteroatoms. The number of nitrogens with zero attached hydrogens (tertiary/aromatic N) is 1. The van der Waals surface area contributed by atoms with E-state index >= 15 is 0 Å². The van der Waals surface area contributed by atoms with Crippen molar-refractivity contribution in [3.05, 3.63) is 116 Å². The molecule has 1 aliphatic rings. The predicted molar refractivity (Wildman–Crippen MR) is 258 cm³/mol. The van der Waals surface area contributed by atoms with Gasteiger partial charge in [-0.15, -0.1) is 11.3 Å². The van der Waals surface area contributed by atoms with Crippen LogP contribution in [0.25, 0.3) is 0 Å². The van der Waals surface area contributed by atoms with E-state index in [-0.39, 0.29) is 56.0 Å². The summed E-state index contributed by atoms with van der Waals surface area (Å²) in [6, 6.07) is 20.6. The molecular formula is C51H69N3O12S. The number of ether oxygens (including phenoxy) is 6. The van der Waals surface area contributed by atoms with Crippen LogP contribution in [0.1, 0.15) is 84.0 Å². The molecule has 3 aromatic carbocycles. The number of hydrogen-bond donors (Lipinski definition) is 5. The van der Waals surface area contributed by atoms with E-state index in [1.807, 2.05) is 49.4 Å². The average molecular weight is 948 g/mol. The lowest BCUT2D eigenvalue weighted by atomic mass is 9.77. The number of carbonyl (C=O) groups is 3. The lowest BCUT2D eigenvalue weighted by molar-refractivity contribution is -0.0190. The molecule has 1 aromatic heterocycles. The van der Waals surface area contributed by atoms with Gasteiger partial charge in [-0.05, 0) is 109 Å². The highest BCUT2D eigenvalue weighted by Gasteiger charge is 2.33. The monoisotopic (exact) mass is 947 g/mol. The van der Waals surface area contributed by atoms with E-state index in [0.717, 1.165) is 64.8 Å². The van der Waals surface area contributed by atoms with E-state index in [1.54, 1.807) is 24.3 Å². The second kappa shape index (κ2) is 28.7. The summed E-state index contributed by atoms with van der Waals surface area (Å²) in [6.07, 6.45) is 4.01. The van der Waals surface area contributed by atoms with Crippen LogP contribution in [0.3, 0.4) is 0 Å². The van der Waals surface area contributed by atoms with Crippen molar-refractivity contribution < 1.29 is 58.1 Å². The molecule has 0 spiro atoms. The zero-order valence-electron chi connectivity index (χ0n) is 39.3. The fourth-order valence-corrected chi connectivity index (χ4v) is 9.14. The molecule has 0 fully saturated rings. The number of fused-ring (bicyclic) bond motifs is 1. The maximum absolute atomic E-state index is 14.2. The van der Waals surface area contributed by atoms with Crippen LogP contribution in [0.15, 0.2) is 66.7 Å². The molecule has 67 heavy (non-hydrogen) atoms. The summed E-state index contributed by atoms with van der Waals surface area (Å²) < 4.78 is 32.9. The number of rotatable bonds is 31. The topological polar surface area (TPSA) is 195 Å². The first-order valence-electron chi connectivity index (χ1n) is 23.1. The minimum absolute atomic E-state index is 0.00304. The molecule has 1 heterocycles. The molecule has 15 nitrogen and oxygen atoms in total. The van der Waals surface area contributed by atoms with Crippen LogP contribution in [-0.2, 0) is 60.7 Å². The third kappa shape index (κ3) is 17.8. The maximum Gasteiger partial charge on any atom is 0.258 e. The van der Waals surface area contributed by atoms with Gasteiger partial charge in [0.25, 0.3) is 17.7 Å². The number of nitrogens with one attached hydrogen (secondary N) is 2. The van der Waals surface area contributed by atoms with Crippen molar-refractivity contribution in [3.63, 3.8) is 0 Å². The minimum atomic E-state index is -0.303. The highest BCUT2D eigenvalue weighted by Crippen LogP contribution is 2.44. The Morgan fingerprint density at radius 1 is 0.657 bits per heavy atom. The van der Waals surface area contributed by atoms with Crippen molar-refractivity contribution in [2.75, 3.05) is 116 Å². The van der Waals surface area contributed by atoms with Gasteiger partial charge in [0.05, 0.1) is 105 Å². The molecule has 0 atom stereocenters. The number of aliphatic hydroxyl groups excluding tert-OH is 3. The molecule has 4 aromatic rings. The fraction of sp³-hybridized carbons (Fsp3) is 0.510. The van der Waals surface area contributed by atoms with Crippen LogP contribution in [0.2, 0.25) is 0 Å². The second-order valence-corrected chi connectivity index (χ2v) is 18.2. The van der Waals surface area contributed by atoms with Gasteiger partial charge in [-0.25, -0.2) is 0 Å². The lowest BCUT2D eigenvalue weighted by Crippen LogP contribution is -2.35. The Morgan fingerprint density at radius 3 is 1.87 bits per heavy atom. The number of carbonyl (C=O) groups excluding carboxylic acids is 3.